The zero-order valence-electron chi connectivity index (χ0n) is 10.8. The molecule has 1 heterocycles. The van der Waals surface area contributed by atoms with Crippen LogP contribution in [0, 0.1) is 5.92 Å². The second-order valence-corrected chi connectivity index (χ2v) is 6.09. The summed E-state index contributed by atoms with van der Waals surface area (Å²) in [5.41, 5.74) is 0.852. The van der Waals surface area contributed by atoms with E-state index in [0.717, 1.165) is 19.3 Å². The molecule has 2 rings (SSSR count). The summed E-state index contributed by atoms with van der Waals surface area (Å²) in [6, 6.07) is 0.436. The maximum Gasteiger partial charge on any atom is 0.117 e. The van der Waals surface area contributed by atoms with Crippen LogP contribution in [0.1, 0.15) is 46.0 Å². The van der Waals surface area contributed by atoms with Crippen molar-refractivity contribution in [1.82, 2.24) is 0 Å². The normalized spacial score (nSPS) is 41.2. The summed E-state index contributed by atoms with van der Waals surface area (Å²) in [6.45, 7) is 10.8. The Balaban J connectivity index is 2.08. The van der Waals surface area contributed by atoms with E-state index < -0.39 is 5.60 Å². The number of aliphatic hydroxyl groups is 1. The molecular formula is C14H26NO+. The molecule has 0 aromatic rings. The largest absolute Gasteiger partial charge is 0.384 e. The third-order valence-corrected chi connectivity index (χ3v) is 4.71. The Hall–Kier alpha value is -0.340. The molecule has 1 aliphatic carbocycles. The lowest BCUT2D eigenvalue weighted by Gasteiger charge is -2.43. The first kappa shape index (κ1) is 12.1. The number of hydrogen-bond donors (Lipinski definition) is 2. The molecule has 3 atom stereocenters. The van der Waals surface area contributed by atoms with Gasteiger partial charge in [-0.2, -0.15) is 0 Å². The fourth-order valence-corrected chi connectivity index (χ4v) is 3.53. The summed E-state index contributed by atoms with van der Waals surface area (Å²) in [6.07, 6.45) is 5.86. The standard InChI is InChI=1S/C14H25NO/c1-11(2)12-6-7-14(3,16)13(10-12)15-8-4-5-9-15/h12-13,16H,1,4-10H2,2-3H3/p+1/t12-,13+,14+/m0/s1. The summed E-state index contributed by atoms with van der Waals surface area (Å²) in [5.74, 6) is 0.637. The number of likely N-dealkylation sites (tertiary alicyclic amines) is 1. The van der Waals surface area contributed by atoms with E-state index in [0.29, 0.717) is 12.0 Å². The first-order valence-corrected chi connectivity index (χ1v) is 6.73. The molecule has 0 amide bonds. The third-order valence-electron chi connectivity index (χ3n) is 4.71. The van der Waals surface area contributed by atoms with Crippen molar-refractivity contribution in [3.8, 4) is 0 Å². The summed E-state index contributed by atoms with van der Waals surface area (Å²) < 4.78 is 0. The quantitative estimate of drug-likeness (QED) is 0.676. The molecule has 16 heavy (non-hydrogen) atoms. The van der Waals surface area contributed by atoms with Gasteiger partial charge in [-0.15, -0.1) is 0 Å². The minimum Gasteiger partial charge on any atom is -0.384 e. The Labute approximate surface area is 99.3 Å². The Bertz CT molecular complexity index is 266. The number of rotatable bonds is 2. The van der Waals surface area contributed by atoms with Crippen LogP contribution in [0.25, 0.3) is 0 Å². The van der Waals surface area contributed by atoms with Crippen molar-refractivity contribution in [2.75, 3.05) is 13.1 Å². The molecule has 1 aliphatic heterocycles. The number of quaternary nitrogens is 1. The Morgan fingerprint density at radius 3 is 2.56 bits per heavy atom. The van der Waals surface area contributed by atoms with Crippen molar-refractivity contribution in [1.29, 1.82) is 0 Å². The molecule has 0 aromatic heterocycles. The topological polar surface area (TPSA) is 24.7 Å². The van der Waals surface area contributed by atoms with Gasteiger partial charge in [-0.1, -0.05) is 12.2 Å². The van der Waals surface area contributed by atoms with E-state index in [4.69, 9.17) is 0 Å². The second-order valence-electron chi connectivity index (χ2n) is 6.09. The molecule has 92 valence electrons. The van der Waals surface area contributed by atoms with Crippen LogP contribution in [0.5, 0.6) is 0 Å². The van der Waals surface area contributed by atoms with Gasteiger partial charge in [0.1, 0.15) is 11.6 Å². The lowest BCUT2D eigenvalue weighted by atomic mass is 9.73. The highest BCUT2D eigenvalue weighted by atomic mass is 16.3. The molecule has 0 radical (unpaired) electrons. The Kier molecular flexibility index (Phi) is 3.41. The molecule has 2 fully saturated rings. The number of allylic oxidation sites excluding steroid dienone is 1. The predicted octanol–water partition coefficient (Wildman–Crippen LogP) is 1.16. The molecule has 0 bridgehead atoms. The van der Waals surface area contributed by atoms with Crippen LogP contribution in [0.15, 0.2) is 12.2 Å². The lowest BCUT2D eigenvalue weighted by Crippen LogP contribution is -3.16. The fourth-order valence-electron chi connectivity index (χ4n) is 3.53. The van der Waals surface area contributed by atoms with Gasteiger partial charge in [0.15, 0.2) is 0 Å². The summed E-state index contributed by atoms with van der Waals surface area (Å²) in [5, 5.41) is 10.5. The van der Waals surface area contributed by atoms with Crippen LogP contribution in [0.4, 0.5) is 0 Å². The second kappa shape index (κ2) is 4.50. The average Bonchev–Trinajstić information content (AvgIpc) is 2.69. The molecule has 2 nitrogen and oxygen atoms in total. The first-order chi connectivity index (χ1) is 7.50. The van der Waals surface area contributed by atoms with E-state index in [1.54, 1.807) is 4.90 Å². The van der Waals surface area contributed by atoms with Crippen molar-refractivity contribution in [3.05, 3.63) is 12.2 Å². The van der Waals surface area contributed by atoms with Gasteiger partial charge in [0.05, 0.1) is 13.1 Å². The summed E-state index contributed by atoms with van der Waals surface area (Å²) in [7, 11) is 0. The molecular weight excluding hydrogens is 198 g/mol. The van der Waals surface area contributed by atoms with Gasteiger partial charge in [0.2, 0.25) is 0 Å². The minimum atomic E-state index is -0.453. The van der Waals surface area contributed by atoms with Gasteiger partial charge in [-0.3, -0.25) is 0 Å². The highest BCUT2D eigenvalue weighted by Crippen LogP contribution is 2.34. The third kappa shape index (κ3) is 2.33. The van der Waals surface area contributed by atoms with Gasteiger partial charge in [-0.25, -0.2) is 0 Å². The van der Waals surface area contributed by atoms with Crippen molar-refractivity contribution >= 4 is 0 Å². The predicted molar refractivity (Wildman–Crippen MR) is 66.5 cm³/mol. The van der Waals surface area contributed by atoms with Crippen LogP contribution in [-0.4, -0.2) is 29.8 Å². The van der Waals surface area contributed by atoms with E-state index >= 15 is 0 Å². The van der Waals surface area contributed by atoms with E-state index in [9.17, 15) is 5.11 Å². The van der Waals surface area contributed by atoms with Crippen LogP contribution in [-0.2, 0) is 0 Å². The minimum absolute atomic E-state index is 0.436. The molecule has 2 N–H and O–H groups in total. The summed E-state index contributed by atoms with van der Waals surface area (Å²) >= 11 is 0. The zero-order valence-corrected chi connectivity index (χ0v) is 10.8. The van der Waals surface area contributed by atoms with Gasteiger partial charge >= 0.3 is 0 Å². The van der Waals surface area contributed by atoms with Crippen LogP contribution >= 0.6 is 0 Å². The SMILES string of the molecule is C=C(C)[C@H]1CC[C@@](C)(O)[C@H]([NH+]2CCCC2)C1. The molecule has 1 saturated carbocycles. The van der Waals surface area contributed by atoms with Crippen molar-refractivity contribution in [3.63, 3.8) is 0 Å². The van der Waals surface area contributed by atoms with E-state index in [1.165, 1.54) is 31.5 Å². The molecule has 0 aromatic carbocycles. The highest BCUT2D eigenvalue weighted by molar-refractivity contribution is 5.03. The fraction of sp³-hybridized carbons (Fsp3) is 0.857. The maximum atomic E-state index is 10.5. The maximum absolute atomic E-state index is 10.5. The molecule has 2 aliphatic rings. The monoisotopic (exact) mass is 224 g/mol. The van der Waals surface area contributed by atoms with E-state index in [-0.39, 0.29) is 0 Å². The van der Waals surface area contributed by atoms with E-state index in [2.05, 4.69) is 13.5 Å². The van der Waals surface area contributed by atoms with Gasteiger partial charge in [0, 0.05) is 19.3 Å². The summed E-state index contributed by atoms with van der Waals surface area (Å²) in [4.78, 5) is 1.64. The Morgan fingerprint density at radius 2 is 2.00 bits per heavy atom. The van der Waals surface area contributed by atoms with Crippen molar-refractivity contribution in [2.24, 2.45) is 5.92 Å². The molecule has 0 spiro atoms. The first-order valence-electron chi connectivity index (χ1n) is 6.73. The molecule has 2 heteroatoms. The van der Waals surface area contributed by atoms with Crippen molar-refractivity contribution < 1.29 is 10.0 Å². The number of hydrogen-bond acceptors (Lipinski definition) is 1. The Morgan fingerprint density at radius 1 is 1.38 bits per heavy atom. The van der Waals surface area contributed by atoms with Gasteiger partial charge in [-0.05, 0) is 32.6 Å². The highest BCUT2D eigenvalue weighted by Gasteiger charge is 2.45. The van der Waals surface area contributed by atoms with Crippen LogP contribution < -0.4 is 4.90 Å². The lowest BCUT2D eigenvalue weighted by molar-refractivity contribution is -0.922. The molecule has 0 unspecified atom stereocenters. The van der Waals surface area contributed by atoms with E-state index in [1.807, 2.05) is 6.92 Å². The van der Waals surface area contributed by atoms with Crippen LogP contribution in [0.2, 0.25) is 0 Å². The van der Waals surface area contributed by atoms with Gasteiger partial charge in [0.25, 0.3) is 0 Å². The average molecular weight is 224 g/mol. The smallest absolute Gasteiger partial charge is 0.117 e. The molecule has 1 saturated heterocycles. The number of nitrogens with one attached hydrogen (secondary N) is 1. The van der Waals surface area contributed by atoms with Crippen molar-refractivity contribution in [2.45, 2.75) is 57.6 Å². The van der Waals surface area contributed by atoms with Gasteiger partial charge < -0.3 is 10.0 Å². The van der Waals surface area contributed by atoms with Crippen LogP contribution in [0.3, 0.4) is 0 Å². The zero-order chi connectivity index (χ0) is 11.8.